The lowest BCUT2D eigenvalue weighted by molar-refractivity contribution is -0.239. The van der Waals surface area contributed by atoms with Crippen LogP contribution in [0.1, 0.15) is 129 Å². The number of aliphatic hydroxyl groups is 6. The number of unbranched alkanes of at least 4 members (excludes halogenated alkanes) is 4. The molecule has 0 aromatic heterocycles. The van der Waals surface area contributed by atoms with Crippen LogP contribution in [0.25, 0.3) is 0 Å². The van der Waals surface area contributed by atoms with Gasteiger partial charge in [0.05, 0.1) is 19.3 Å². The fourth-order valence-electron chi connectivity index (χ4n) is 11.7. The van der Waals surface area contributed by atoms with E-state index in [1.54, 1.807) is 39.8 Å². The molecule has 42 nitrogen and oxygen atoms in total. The van der Waals surface area contributed by atoms with Gasteiger partial charge >= 0.3 is 30.2 Å². The fraction of sp³-hybridized carbons (Fsp3) is 0.568. The van der Waals surface area contributed by atoms with Crippen molar-refractivity contribution in [1.82, 2.24) is 52.1 Å². The van der Waals surface area contributed by atoms with Gasteiger partial charge in [-0.1, -0.05) is 64.8 Å². The normalized spacial score (nSPS) is 21.7. The molecule has 7 rings (SSSR count). The summed E-state index contributed by atoms with van der Waals surface area (Å²) in [6.07, 6.45) is -7.15. The predicted octanol–water partition coefficient (Wildman–Crippen LogP) is -2.19. The van der Waals surface area contributed by atoms with E-state index in [1.807, 2.05) is 0 Å². The highest BCUT2D eigenvalue weighted by atomic mass is 19.1. The molecule has 5 heterocycles. The van der Waals surface area contributed by atoms with E-state index in [9.17, 15) is 106 Å². The predicted molar refractivity (Wildman–Crippen MR) is 405 cm³/mol. The maximum absolute atomic E-state index is 14.2. The summed E-state index contributed by atoms with van der Waals surface area (Å²) in [6, 6.07) is 3.85. The topological polar surface area (TPSA) is 637 Å². The summed E-state index contributed by atoms with van der Waals surface area (Å²) in [5.74, 6) is -6.15. The van der Waals surface area contributed by atoms with Crippen LogP contribution in [0.3, 0.4) is 0 Å². The number of ether oxygens (including phenoxy) is 4. The van der Waals surface area contributed by atoms with Crippen molar-refractivity contribution >= 4 is 107 Å². The summed E-state index contributed by atoms with van der Waals surface area (Å²) >= 11 is 0. The molecule has 17 amide bonds. The molecule has 14 atom stereocenters. The highest BCUT2D eigenvalue weighted by Crippen LogP contribution is 2.26. The van der Waals surface area contributed by atoms with E-state index in [0.717, 1.165) is 9.80 Å². The summed E-state index contributed by atoms with van der Waals surface area (Å²) in [5, 5.41) is 81.1. The van der Waals surface area contributed by atoms with Crippen LogP contribution in [0.15, 0.2) is 72.8 Å². The van der Waals surface area contributed by atoms with Gasteiger partial charge in [-0.3, -0.25) is 62.5 Å². The second-order valence-corrected chi connectivity index (χ2v) is 28.3. The second-order valence-electron chi connectivity index (χ2n) is 28.3. The summed E-state index contributed by atoms with van der Waals surface area (Å²) < 4.78 is 48.1. The van der Waals surface area contributed by atoms with Crippen LogP contribution in [-0.2, 0) is 94.5 Å². The number of carbonyl (C=O) groups is 16. The Morgan fingerprint density at radius 1 is 0.517 bits per heavy atom. The zero-order valence-electron chi connectivity index (χ0n) is 65.3. The number of urea groups is 2. The largest absolute Gasteiger partial charge is 0.445 e. The van der Waals surface area contributed by atoms with Crippen molar-refractivity contribution in [2.45, 2.75) is 216 Å². The average molecular weight is 1670 g/mol. The third kappa shape index (κ3) is 32.0. The van der Waals surface area contributed by atoms with Gasteiger partial charge in [-0.2, -0.15) is 0 Å². The molecule has 5 aliphatic rings. The number of hydroxylamine groups is 2. The third-order valence-electron chi connectivity index (χ3n) is 18.5. The lowest BCUT2D eigenvalue weighted by atomic mass is 9.98. The number of anilines is 2. The summed E-state index contributed by atoms with van der Waals surface area (Å²) in [4.78, 5) is 198. The number of primary amides is 2. The van der Waals surface area contributed by atoms with Crippen molar-refractivity contribution < 1.29 is 140 Å². The zero-order chi connectivity index (χ0) is 87.5. The standard InChI is InChI=1S/C35H50FN7O12.C25H39FN6O9.C14H16N2O6/c1-19(2)28(41-24(45)8-4-3-5-16-43-25(46)13-14-26(43)47)32(50)40-22(7-6-15-38-34(37)52)31(49)39-21-11-9-20(10-12-21)18-54-35(53)42-29-30(48)27(36)23(17-44)55-33(29)51;1-12(2)18(27)22(36)31-15(4-3-9-29-24(28)38)21(35)30-14-7-5-13(6-8-14)11-40-25(39)32-19-20(34)17(26)16(10-33)41-23(19)37;17-10-5-6-11(18)15(10)9-3-1-2-4-14(21)22-16-12(19)7-8-13(16)20/h9-14,19,22-23,27-30,33,44,48,51H,3-8,15-18H2,1-2H3,(H,39,49)(H,40,50)(H,41,45)(H,42,53)(H3,37,38,52);5-8,12,15-20,23,33-34,37H,3-4,9-11,27H2,1-2H3,(H,30,35)(H,31,36)(H,32,39)(H3,28,29,38);5-6H,1-4,7-9H2/t22?,23-,27-,28?,29-,30+,33?;15?,16-,17-,18?,19-,20+,23?;/m11./s1. The van der Waals surface area contributed by atoms with Gasteiger partial charge in [-0.05, 0) is 98.6 Å². The minimum absolute atomic E-state index is 0.0667. The van der Waals surface area contributed by atoms with E-state index in [2.05, 4.69) is 47.9 Å². The van der Waals surface area contributed by atoms with E-state index in [0.29, 0.717) is 79.1 Å². The third-order valence-corrected chi connectivity index (χ3v) is 18.5. The number of hydrogen-bond acceptors (Lipinski definition) is 28. The van der Waals surface area contributed by atoms with Crippen molar-refractivity contribution in [3.05, 3.63) is 84.0 Å². The molecule has 2 aromatic carbocycles. The van der Waals surface area contributed by atoms with Gasteiger partial charge in [0.15, 0.2) is 24.9 Å². The summed E-state index contributed by atoms with van der Waals surface area (Å²) in [6.45, 7) is 5.81. The Morgan fingerprint density at radius 2 is 0.907 bits per heavy atom. The number of alkyl carbamates (subject to hydrolysis) is 2. The Morgan fingerprint density at radius 3 is 1.28 bits per heavy atom. The SMILES string of the molecule is CC(C)C(N)C(=O)NC(CCCNC(N)=O)C(=O)Nc1ccc(COC(=O)N[C@H]2C(O)O[C@H](CO)[C@@H](F)[C@@H]2O)cc1.CC(C)C(NC(=O)CCCCCN1C(=O)C=CC1=O)C(=O)NC(CCCNC(N)=O)C(=O)Nc1ccc(COC(=O)N[C@H]2C(O)O[C@H](CO)[C@@H](F)[C@@H]2O)cc1.O=C(CCCCCN1C(=O)C=CC1=O)ON1C(=O)CCC1=O. The number of aliphatic hydroxyl groups excluding tert-OH is 6. The Kier molecular flexibility index (Phi) is 40.5. The number of halogens is 2. The van der Waals surface area contributed by atoms with Crippen LogP contribution in [-0.4, -0.2) is 266 Å². The van der Waals surface area contributed by atoms with Crippen LogP contribution in [0.5, 0.6) is 0 Å². The van der Waals surface area contributed by atoms with E-state index >= 15 is 0 Å². The van der Waals surface area contributed by atoms with E-state index in [1.165, 1.54) is 60.7 Å². The van der Waals surface area contributed by atoms with E-state index in [4.69, 9.17) is 51.2 Å². The lowest BCUT2D eigenvalue weighted by Crippen LogP contribution is -2.63. The first-order chi connectivity index (χ1) is 55.9. The van der Waals surface area contributed by atoms with Crippen LogP contribution >= 0.6 is 0 Å². The molecular formula is C74H105F2N15O27. The van der Waals surface area contributed by atoms with Gasteiger partial charge in [-0.25, -0.2) is 32.8 Å². The van der Waals surface area contributed by atoms with Gasteiger partial charge in [0.1, 0.15) is 67.8 Å². The molecule has 2 aromatic rings. The molecule has 0 spiro atoms. The molecule has 652 valence electrons. The first kappa shape index (κ1) is 97.3. The first-order valence-corrected chi connectivity index (χ1v) is 38.0. The molecule has 3 fully saturated rings. The van der Waals surface area contributed by atoms with Crippen molar-refractivity contribution in [3.63, 3.8) is 0 Å². The maximum atomic E-state index is 14.2. The Balaban J connectivity index is 0.000000344. The number of nitrogens with two attached hydrogens (primary N) is 3. The minimum Gasteiger partial charge on any atom is -0.445 e. The van der Waals surface area contributed by atoms with Crippen molar-refractivity contribution in [2.24, 2.45) is 29.0 Å². The van der Waals surface area contributed by atoms with Crippen LogP contribution in [0.2, 0.25) is 0 Å². The van der Waals surface area contributed by atoms with Crippen LogP contribution < -0.4 is 65.1 Å². The van der Waals surface area contributed by atoms with Crippen molar-refractivity contribution in [2.75, 3.05) is 50.0 Å². The first-order valence-electron chi connectivity index (χ1n) is 38.0. The smallest absolute Gasteiger partial charge is 0.407 e. The van der Waals surface area contributed by atoms with Gasteiger partial charge < -0.3 is 119 Å². The molecule has 0 radical (unpaired) electrons. The van der Waals surface area contributed by atoms with E-state index in [-0.39, 0.29) is 119 Å². The molecule has 21 N–H and O–H groups in total. The zero-order valence-corrected chi connectivity index (χ0v) is 65.3. The van der Waals surface area contributed by atoms with E-state index < -0.39 is 164 Å². The van der Waals surface area contributed by atoms with Crippen molar-refractivity contribution in [1.29, 1.82) is 0 Å². The number of rotatable bonds is 40. The number of benzene rings is 2. The molecule has 6 unspecified atom stereocenters. The maximum Gasteiger partial charge on any atom is 0.407 e. The minimum atomic E-state index is -2.07. The lowest BCUT2D eigenvalue weighted by Gasteiger charge is -2.38. The van der Waals surface area contributed by atoms with Crippen LogP contribution in [0, 0.1) is 11.8 Å². The molecule has 118 heavy (non-hydrogen) atoms. The number of carbonyl (C=O) groups excluding carboxylic acids is 16. The van der Waals surface area contributed by atoms with Crippen LogP contribution in [0.4, 0.5) is 39.3 Å². The Labute approximate surface area is 675 Å². The van der Waals surface area contributed by atoms with Crippen molar-refractivity contribution in [3.8, 4) is 0 Å². The fourth-order valence-corrected chi connectivity index (χ4v) is 11.7. The molecule has 3 saturated heterocycles. The highest BCUT2D eigenvalue weighted by Gasteiger charge is 2.47. The molecule has 0 saturated carbocycles. The summed E-state index contributed by atoms with van der Waals surface area (Å²) in [7, 11) is 0. The second kappa shape index (κ2) is 49.1. The average Bonchev–Trinajstić information content (AvgIpc) is 1.54. The highest BCUT2D eigenvalue weighted by molar-refractivity contribution is 6.13. The number of nitrogens with one attached hydrogen (secondary N) is 9. The summed E-state index contributed by atoms with van der Waals surface area (Å²) in [5.41, 5.74) is 17.7. The Bertz CT molecular complexity index is 3810. The van der Waals surface area contributed by atoms with Gasteiger partial charge in [0.2, 0.25) is 29.5 Å². The quantitative estimate of drug-likeness (QED) is 0.0249. The monoisotopic (exact) mass is 1670 g/mol. The van der Waals surface area contributed by atoms with Gasteiger partial charge in [0.25, 0.3) is 35.4 Å². The number of nitrogens with zero attached hydrogens (tertiary/aromatic N) is 3. The van der Waals surface area contributed by atoms with Gasteiger partial charge in [-0.15, -0.1) is 5.06 Å². The number of hydrogen-bond donors (Lipinski definition) is 18. The molecule has 5 aliphatic heterocycles. The van der Waals surface area contributed by atoms with Gasteiger partial charge in [0, 0.05) is 87.5 Å². The molecule has 44 heteroatoms. The number of amides is 17. The number of alkyl halides is 2. The molecular weight excluding hydrogens is 1570 g/mol. The number of imide groups is 3. The molecule has 0 aliphatic carbocycles. The Hall–Kier alpha value is -11.3. The molecule has 0 bridgehead atoms.